The summed E-state index contributed by atoms with van der Waals surface area (Å²) in [6.07, 6.45) is 0.363. The summed E-state index contributed by atoms with van der Waals surface area (Å²) in [5.74, 6) is 2.05. The van der Waals surface area contributed by atoms with E-state index >= 15 is 0 Å². The number of aliphatic hydroxyl groups is 1. The first-order valence-corrected chi connectivity index (χ1v) is 6.77. The van der Waals surface area contributed by atoms with Crippen molar-refractivity contribution >= 4 is 0 Å². The molecule has 1 aliphatic heterocycles. The topological polar surface area (TPSA) is 51.2 Å². The second-order valence-electron chi connectivity index (χ2n) is 5.17. The molecule has 0 spiro atoms. The van der Waals surface area contributed by atoms with Crippen LogP contribution < -0.4 is 14.2 Å². The molecule has 0 bridgehead atoms. The van der Waals surface area contributed by atoms with Gasteiger partial charge in [-0.2, -0.15) is 0 Å². The van der Waals surface area contributed by atoms with Crippen molar-refractivity contribution in [2.45, 2.75) is 18.4 Å². The molecule has 0 radical (unpaired) electrons. The van der Waals surface area contributed by atoms with Crippen LogP contribution in [0.2, 0.25) is 0 Å². The highest BCUT2D eigenvalue weighted by molar-refractivity contribution is 5.53. The third-order valence-electron chi connectivity index (χ3n) is 3.90. The van der Waals surface area contributed by atoms with Crippen molar-refractivity contribution in [3.63, 3.8) is 0 Å². The molecule has 1 aromatic carbocycles. The number of hydrogen-bond donors (Lipinski definition) is 1. The van der Waals surface area contributed by atoms with Gasteiger partial charge in [-0.3, -0.25) is 0 Å². The Kier molecular flexibility index (Phi) is 4.73. The van der Waals surface area contributed by atoms with Crippen molar-refractivity contribution in [2.24, 2.45) is 0 Å². The van der Waals surface area contributed by atoms with Crippen LogP contribution in [0.25, 0.3) is 0 Å². The molecule has 2 rings (SSSR count). The van der Waals surface area contributed by atoms with Gasteiger partial charge in [-0.05, 0) is 13.5 Å². The van der Waals surface area contributed by atoms with E-state index in [1.165, 1.54) is 0 Å². The molecule has 1 fully saturated rings. The maximum absolute atomic E-state index is 10.3. The molecular formula is C15H23NO4. The summed E-state index contributed by atoms with van der Waals surface area (Å²) in [5.41, 5.74) is 0.912. The Morgan fingerprint density at radius 3 is 2.20 bits per heavy atom. The SMILES string of the molecule is COc1cc(OC)c([C@@H]2CN(C)CC[C@H]2O)c(OC)c1. The smallest absolute Gasteiger partial charge is 0.129 e. The zero-order valence-electron chi connectivity index (χ0n) is 12.5. The first kappa shape index (κ1) is 14.9. The summed E-state index contributed by atoms with van der Waals surface area (Å²) >= 11 is 0. The molecule has 1 aliphatic rings. The number of likely N-dealkylation sites (tertiary alicyclic amines) is 1. The zero-order chi connectivity index (χ0) is 14.7. The molecular weight excluding hydrogens is 258 g/mol. The van der Waals surface area contributed by atoms with E-state index in [0.717, 1.165) is 25.1 Å². The normalized spacial score (nSPS) is 23.4. The maximum atomic E-state index is 10.3. The van der Waals surface area contributed by atoms with Crippen LogP contribution >= 0.6 is 0 Å². The van der Waals surface area contributed by atoms with Crippen molar-refractivity contribution in [1.82, 2.24) is 4.90 Å². The van der Waals surface area contributed by atoms with Crippen molar-refractivity contribution in [3.05, 3.63) is 17.7 Å². The molecule has 0 unspecified atom stereocenters. The quantitative estimate of drug-likeness (QED) is 0.906. The Morgan fingerprint density at radius 1 is 1.10 bits per heavy atom. The Hall–Kier alpha value is -1.46. The van der Waals surface area contributed by atoms with Crippen molar-refractivity contribution < 1.29 is 19.3 Å². The van der Waals surface area contributed by atoms with E-state index in [0.29, 0.717) is 17.2 Å². The molecule has 1 aromatic rings. The fraction of sp³-hybridized carbons (Fsp3) is 0.600. The standard InChI is InChI=1S/C15H23NO4/c1-16-6-5-12(17)11(9-16)15-13(19-3)7-10(18-2)8-14(15)20-4/h7-8,11-12,17H,5-6,9H2,1-4H3/t11-,12-/m1/s1. The Balaban J connectivity index is 2.47. The van der Waals surface area contributed by atoms with E-state index in [4.69, 9.17) is 14.2 Å². The van der Waals surface area contributed by atoms with Crippen molar-refractivity contribution in [1.29, 1.82) is 0 Å². The predicted molar refractivity (Wildman–Crippen MR) is 77.0 cm³/mol. The summed E-state index contributed by atoms with van der Waals surface area (Å²) < 4.78 is 16.2. The second kappa shape index (κ2) is 6.33. The molecule has 0 aromatic heterocycles. The predicted octanol–water partition coefficient (Wildman–Crippen LogP) is 1.49. The minimum absolute atomic E-state index is 0.0236. The van der Waals surface area contributed by atoms with Gasteiger partial charge in [0.05, 0.1) is 27.4 Å². The Labute approximate surface area is 120 Å². The van der Waals surface area contributed by atoms with Crippen LogP contribution in [-0.2, 0) is 0 Å². The van der Waals surface area contributed by atoms with E-state index in [9.17, 15) is 5.11 Å². The first-order valence-electron chi connectivity index (χ1n) is 6.77. The van der Waals surface area contributed by atoms with Gasteiger partial charge in [0.1, 0.15) is 17.2 Å². The van der Waals surface area contributed by atoms with Gasteiger partial charge in [0.15, 0.2) is 0 Å². The van der Waals surface area contributed by atoms with Crippen LogP contribution in [-0.4, -0.2) is 57.6 Å². The molecule has 2 atom stereocenters. The van der Waals surface area contributed by atoms with E-state index in [2.05, 4.69) is 11.9 Å². The lowest BCUT2D eigenvalue weighted by Gasteiger charge is -2.35. The third kappa shape index (κ3) is 2.83. The average Bonchev–Trinajstić information content (AvgIpc) is 2.48. The summed E-state index contributed by atoms with van der Waals surface area (Å²) in [6, 6.07) is 3.67. The lowest BCUT2D eigenvalue weighted by Crippen LogP contribution is -2.39. The van der Waals surface area contributed by atoms with Crippen molar-refractivity contribution in [2.75, 3.05) is 41.5 Å². The minimum atomic E-state index is -0.387. The summed E-state index contributed by atoms with van der Waals surface area (Å²) in [4.78, 5) is 2.21. The van der Waals surface area contributed by atoms with Gasteiger partial charge in [0, 0.05) is 36.7 Å². The van der Waals surface area contributed by atoms with Gasteiger partial charge in [0.2, 0.25) is 0 Å². The highest BCUT2D eigenvalue weighted by atomic mass is 16.5. The Morgan fingerprint density at radius 2 is 1.70 bits per heavy atom. The second-order valence-corrected chi connectivity index (χ2v) is 5.17. The van der Waals surface area contributed by atoms with Gasteiger partial charge in [-0.1, -0.05) is 0 Å². The van der Waals surface area contributed by atoms with Crippen molar-refractivity contribution in [3.8, 4) is 17.2 Å². The van der Waals surface area contributed by atoms with Gasteiger partial charge in [-0.15, -0.1) is 0 Å². The van der Waals surface area contributed by atoms with Crippen LogP contribution in [0.15, 0.2) is 12.1 Å². The minimum Gasteiger partial charge on any atom is -0.496 e. The molecule has 1 saturated heterocycles. The van der Waals surface area contributed by atoms with Crippen LogP contribution in [0.1, 0.15) is 17.9 Å². The number of hydrogen-bond acceptors (Lipinski definition) is 5. The summed E-state index contributed by atoms with van der Waals surface area (Å²) in [5, 5.41) is 10.3. The number of likely N-dealkylation sites (N-methyl/N-ethyl adjacent to an activating group) is 1. The highest BCUT2D eigenvalue weighted by Crippen LogP contribution is 2.42. The largest absolute Gasteiger partial charge is 0.496 e. The summed E-state index contributed by atoms with van der Waals surface area (Å²) in [7, 11) is 6.91. The number of benzene rings is 1. The molecule has 5 heteroatoms. The van der Waals surface area contributed by atoms with E-state index in [1.807, 2.05) is 12.1 Å². The number of aliphatic hydroxyl groups excluding tert-OH is 1. The van der Waals surface area contributed by atoms with Gasteiger partial charge in [0.25, 0.3) is 0 Å². The van der Waals surface area contributed by atoms with E-state index in [-0.39, 0.29) is 12.0 Å². The number of rotatable bonds is 4. The fourth-order valence-corrected chi connectivity index (χ4v) is 2.78. The Bertz CT molecular complexity index is 438. The molecule has 112 valence electrons. The maximum Gasteiger partial charge on any atom is 0.129 e. The molecule has 0 saturated carbocycles. The third-order valence-corrected chi connectivity index (χ3v) is 3.90. The number of nitrogens with zero attached hydrogens (tertiary/aromatic N) is 1. The monoisotopic (exact) mass is 281 g/mol. The molecule has 5 nitrogen and oxygen atoms in total. The summed E-state index contributed by atoms with van der Waals surface area (Å²) in [6.45, 7) is 1.68. The molecule has 0 amide bonds. The van der Waals surface area contributed by atoms with Crippen LogP contribution in [0.4, 0.5) is 0 Å². The van der Waals surface area contributed by atoms with Crippen LogP contribution in [0.5, 0.6) is 17.2 Å². The van der Waals surface area contributed by atoms with Gasteiger partial charge >= 0.3 is 0 Å². The number of piperidine rings is 1. The molecule has 20 heavy (non-hydrogen) atoms. The van der Waals surface area contributed by atoms with E-state index < -0.39 is 0 Å². The number of ether oxygens (including phenoxy) is 3. The van der Waals surface area contributed by atoms with E-state index in [1.54, 1.807) is 21.3 Å². The molecule has 1 N–H and O–H groups in total. The lowest BCUT2D eigenvalue weighted by molar-refractivity contribution is 0.0688. The average molecular weight is 281 g/mol. The first-order chi connectivity index (χ1) is 9.60. The van der Waals surface area contributed by atoms with Crippen LogP contribution in [0, 0.1) is 0 Å². The number of methoxy groups -OCH3 is 3. The lowest BCUT2D eigenvalue weighted by atomic mass is 9.87. The molecule has 1 heterocycles. The zero-order valence-corrected chi connectivity index (χ0v) is 12.5. The highest BCUT2D eigenvalue weighted by Gasteiger charge is 2.32. The fourth-order valence-electron chi connectivity index (χ4n) is 2.78. The van der Waals surface area contributed by atoms with Crippen LogP contribution in [0.3, 0.4) is 0 Å². The van der Waals surface area contributed by atoms with Gasteiger partial charge in [-0.25, -0.2) is 0 Å². The van der Waals surface area contributed by atoms with Gasteiger partial charge < -0.3 is 24.2 Å². The molecule has 0 aliphatic carbocycles.